The summed E-state index contributed by atoms with van der Waals surface area (Å²) in [6.45, 7) is 6.48. The first-order valence-electron chi connectivity index (χ1n) is 6.04. The molecule has 3 N–H and O–H groups in total. The number of hydrogen-bond acceptors (Lipinski definition) is 4. The molecule has 1 heterocycles. The van der Waals surface area contributed by atoms with Gasteiger partial charge in [-0.25, -0.2) is 4.98 Å². The van der Waals surface area contributed by atoms with Crippen molar-refractivity contribution in [1.29, 1.82) is 0 Å². The maximum Gasteiger partial charge on any atom is 0.123 e. The third-order valence-corrected chi connectivity index (χ3v) is 3.16. The highest BCUT2D eigenvalue weighted by Crippen LogP contribution is 2.23. The van der Waals surface area contributed by atoms with Gasteiger partial charge in [-0.15, -0.1) is 0 Å². The number of rotatable bonds is 6. The molecule has 0 saturated carbocycles. The van der Waals surface area contributed by atoms with Crippen LogP contribution in [0.5, 0.6) is 0 Å². The number of anilines is 1. The third kappa shape index (κ3) is 3.68. The maximum absolute atomic E-state index is 10.3. The van der Waals surface area contributed by atoms with E-state index in [-0.39, 0.29) is 0 Å². The van der Waals surface area contributed by atoms with Crippen molar-refractivity contribution in [3.05, 3.63) is 23.9 Å². The summed E-state index contributed by atoms with van der Waals surface area (Å²) >= 11 is 0. The van der Waals surface area contributed by atoms with Gasteiger partial charge in [-0.1, -0.05) is 6.92 Å². The van der Waals surface area contributed by atoms with E-state index in [1.54, 1.807) is 12.3 Å². The Morgan fingerprint density at radius 2 is 2.24 bits per heavy atom. The van der Waals surface area contributed by atoms with Crippen molar-refractivity contribution in [2.24, 2.45) is 0 Å². The molecule has 0 aliphatic carbocycles. The number of pyridine rings is 1. The Labute approximate surface area is 103 Å². The molecule has 0 radical (unpaired) electrons. The molecule has 1 aromatic rings. The Balaban J connectivity index is 2.73. The minimum absolute atomic E-state index is 0.476. The van der Waals surface area contributed by atoms with Crippen LogP contribution in [0.3, 0.4) is 0 Å². The van der Waals surface area contributed by atoms with E-state index in [1.165, 1.54) is 0 Å². The maximum atomic E-state index is 10.3. The summed E-state index contributed by atoms with van der Waals surface area (Å²) in [7, 11) is 0. The SMILES string of the molecule is CCOC(C)(CC)C(O)Cc1ccnc(N)c1. The summed E-state index contributed by atoms with van der Waals surface area (Å²) in [6.07, 6.45) is 2.40. The number of nitrogens with two attached hydrogens (primary N) is 1. The van der Waals surface area contributed by atoms with Gasteiger partial charge in [0.2, 0.25) is 0 Å². The summed E-state index contributed by atoms with van der Waals surface area (Å²) in [5, 5.41) is 10.3. The standard InChI is InChI=1S/C13H22N2O2/c1-4-13(3,17-5-2)11(16)8-10-6-7-15-12(14)9-10/h6-7,9,11,16H,4-5,8H2,1-3H3,(H2,14,15). The van der Waals surface area contributed by atoms with E-state index in [1.807, 2.05) is 26.8 Å². The minimum Gasteiger partial charge on any atom is -0.390 e. The Hall–Kier alpha value is -1.13. The Bertz CT molecular complexity index is 357. The predicted octanol–water partition coefficient (Wildman–Crippen LogP) is 1.77. The van der Waals surface area contributed by atoms with Gasteiger partial charge in [0.1, 0.15) is 5.82 Å². The van der Waals surface area contributed by atoms with Gasteiger partial charge < -0.3 is 15.6 Å². The highest BCUT2D eigenvalue weighted by atomic mass is 16.5. The van der Waals surface area contributed by atoms with Crippen molar-refractivity contribution in [1.82, 2.24) is 4.98 Å². The van der Waals surface area contributed by atoms with Crippen molar-refractivity contribution in [3.8, 4) is 0 Å². The Morgan fingerprint density at radius 3 is 2.76 bits per heavy atom. The molecule has 0 aromatic carbocycles. The number of aliphatic hydroxyl groups excluding tert-OH is 1. The molecule has 0 fully saturated rings. The molecule has 17 heavy (non-hydrogen) atoms. The second-order valence-corrected chi connectivity index (χ2v) is 4.41. The number of aromatic nitrogens is 1. The predicted molar refractivity (Wildman–Crippen MR) is 68.7 cm³/mol. The first kappa shape index (κ1) is 13.9. The number of ether oxygens (including phenoxy) is 1. The number of nitrogens with zero attached hydrogens (tertiary/aromatic N) is 1. The zero-order valence-corrected chi connectivity index (χ0v) is 10.8. The lowest BCUT2D eigenvalue weighted by Gasteiger charge is -2.33. The highest BCUT2D eigenvalue weighted by Gasteiger charge is 2.31. The Kier molecular flexibility index (Phi) is 4.90. The van der Waals surface area contributed by atoms with Crippen LogP contribution in [-0.2, 0) is 11.2 Å². The van der Waals surface area contributed by atoms with Crippen LogP contribution in [0.2, 0.25) is 0 Å². The van der Waals surface area contributed by atoms with E-state index < -0.39 is 11.7 Å². The molecule has 1 aromatic heterocycles. The van der Waals surface area contributed by atoms with E-state index in [0.29, 0.717) is 18.8 Å². The summed E-state index contributed by atoms with van der Waals surface area (Å²) in [5.41, 5.74) is 6.08. The quantitative estimate of drug-likeness (QED) is 0.792. The van der Waals surface area contributed by atoms with Gasteiger partial charge in [-0.3, -0.25) is 0 Å². The summed E-state index contributed by atoms with van der Waals surface area (Å²) in [5.74, 6) is 0.476. The van der Waals surface area contributed by atoms with E-state index in [0.717, 1.165) is 12.0 Å². The van der Waals surface area contributed by atoms with Crippen LogP contribution in [0.1, 0.15) is 32.8 Å². The van der Waals surface area contributed by atoms with Crippen molar-refractivity contribution >= 4 is 5.82 Å². The molecule has 0 saturated heterocycles. The molecule has 4 nitrogen and oxygen atoms in total. The molecule has 0 amide bonds. The molecule has 0 aliphatic rings. The average molecular weight is 238 g/mol. The molecular weight excluding hydrogens is 216 g/mol. The zero-order chi connectivity index (χ0) is 12.9. The zero-order valence-electron chi connectivity index (χ0n) is 10.8. The lowest BCUT2D eigenvalue weighted by Crippen LogP contribution is -2.42. The second-order valence-electron chi connectivity index (χ2n) is 4.41. The van der Waals surface area contributed by atoms with E-state index in [4.69, 9.17) is 10.5 Å². The molecule has 96 valence electrons. The largest absolute Gasteiger partial charge is 0.390 e. The normalized spacial score (nSPS) is 16.5. The van der Waals surface area contributed by atoms with Crippen molar-refractivity contribution in [3.63, 3.8) is 0 Å². The number of aliphatic hydroxyl groups is 1. The van der Waals surface area contributed by atoms with E-state index in [2.05, 4.69) is 4.98 Å². The van der Waals surface area contributed by atoms with Gasteiger partial charge in [0.15, 0.2) is 0 Å². The number of hydrogen-bond donors (Lipinski definition) is 2. The lowest BCUT2D eigenvalue weighted by molar-refractivity contribution is -0.110. The van der Waals surface area contributed by atoms with Gasteiger partial charge in [-0.2, -0.15) is 0 Å². The van der Waals surface area contributed by atoms with Gasteiger partial charge in [-0.05, 0) is 38.0 Å². The first-order valence-corrected chi connectivity index (χ1v) is 6.04. The van der Waals surface area contributed by atoms with Crippen molar-refractivity contribution in [2.75, 3.05) is 12.3 Å². The second kappa shape index (κ2) is 5.98. The van der Waals surface area contributed by atoms with Crippen LogP contribution < -0.4 is 5.73 Å². The van der Waals surface area contributed by atoms with E-state index >= 15 is 0 Å². The minimum atomic E-state index is -0.547. The molecule has 0 aliphatic heterocycles. The summed E-state index contributed by atoms with van der Waals surface area (Å²) in [4.78, 5) is 3.93. The Morgan fingerprint density at radius 1 is 1.53 bits per heavy atom. The van der Waals surface area contributed by atoms with Crippen molar-refractivity contribution in [2.45, 2.75) is 45.3 Å². The van der Waals surface area contributed by atoms with Gasteiger partial charge in [0.05, 0.1) is 11.7 Å². The third-order valence-electron chi connectivity index (χ3n) is 3.16. The van der Waals surface area contributed by atoms with Crippen LogP contribution in [0, 0.1) is 0 Å². The molecule has 0 bridgehead atoms. The molecule has 0 spiro atoms. The van der Waals surface area contributed by atoms with Crippen LogP contribution >= 0.6 is 0 Å². The summed E-state index contributed by atoms with van der Waals surface area (Å²) in [6, 6.07) is 3.65. The number of nitrogen functional groups attached to an aromatic ring is 1. The van der Waals surface area contributed by atoms with Crippen LogP contribution in [0.4, 0.5) is 5.82 Å². The summed E-state index contributed by atoms with van der Waals surface area (Å²) < 4.78 is 5.65. The molecule has 2 unspecified atom stereocenters. The first-order chi connectivity index (χ1) is 8.01. The van der Waals surface area contributed by atoms with Gasteiger partial charge in [0.25, 0.3) is 0 Å². The monoisotopic (exact) mass is 238 g/mol. The van der Waals surface area contributed by atoms with Gasteiger partial charge in [0, 0.05) is 19.2 Å². The van der Waals surface area contributed by atoms with Crippen LogP contribution in [-0.4, -0.2) is 28.4 Å². The highest BCUT2D eigenvalue weighted by molar-refractivity contribution is 5.32. The molecule has 4 heteroatoms. The van der Waals surface area contributed by atoms with E-state index in [9.17, 15) is 5.11 Å². The molecule has 1 rings (SSSR count). The van der Waals surface area contributed by atoms with Gasteiger partial charge >= 0.3 is 0 Å². The lowest BCUT2D eigenvalue weighted by atomic mass is 9.91. The fourth-order valence-corrected chi connectivity index (χ4v) is 1.82. The molecular formula is C13H22N2O2. The topological polar surface area (TPSA) is 68.4 Å². The molecule has 2 atom stereocenters. The van der Waals surface area contributed by atoms with Crippen LogP contribution in [0.25, 0.3) is 0 Å². The fourth-order valence-electron chi connectivity index (χ4n) is 1.82. The van der Waals surface area contributed by atoms with Crippen molar-refractivity contribution < 1.29 is 9.84 Å². The average Bonchev–Trinajstić information content (AvgIpc) is 2.29. The van der Waals surface area contributed by atoms with Crippen LogP contribution in [0.15, 0.2) is 18.3 Å². The smallest absolute Gasteiger partial charge is 0.123 e. The fraction of sp³-hybridized carbons (Fsp3) is 0.615.